The first-order valence-corrected chi connectivity index (χ1v) is 16.0. The first kappa shape index (κ1) is 29.2. The molecule has 5 aromatic rings. The lowest BCUT2D eigenvalue weighted by Gasteiger charge is -2.18. The number of ketones is 1. The molecule has 0 saturated heterocycles. The maximum atomic E-state index is 14.2. The van der Waals surface area contributed by atoms with Crippen molar-refractivity contribution in [3.05, 3.63) is 126 Å². The van der Waals surface area contributed by atoms with Crippen molar-refractivity contribution in [2.24, 2.45) is 5.14 Å². The molecule has 9 nitrogen and oxygen atoms in total. The Hall–Kier alpha value is -4.29. The Morgan fingerprint density at radius 2 is 1.48 bits per heavy atom. The smallest absolute Gasteiger partial charge is 0.268 e. The Kier molecular flexibility index (Phi) is 8.28. The summed E-state index contributed by atoms with van der Waals surface area (Å²) >= 11 is 0. The lowest BCUT2D eigenvalue weighted by Crippen LogP contribution is -2.30. The standard InChI is InChI=1S/C31H29N3O6S2/c1-40-28-14-8-13-26-27(21-34(30(26)28)42(38,39)25-11-6-3-7-12-25)31(35)29(23-9-4-2-5-10-23)33-20-19-22-15-17-24(18-16-22)41(32,36)37/h2-18,21,29,33H,19-20H2,1H3,(H2,32,36,37). The number of sulfonamides is 1. The summed E-state index contributed by atoms with van der Waals surface area (Å²) in [5.74, 6) is 0.00394. The number of rotatable bonds is 11. The summed E-state index contributed by atoms with van der Waals surface area (Å²) in [5, 5.41) is 8.96. The van der Waals surface area contributed by atoms with Crippen molar-refractivity contribution in [1.82, 2.24) is 9.29 Å². The number of nitrogens with one attached hydrogen (secondary N) is 1. The van der Waals surface area contributed by atoms with Gasteiger partial charge in [0.05, 0.1) is 22.9 Å². The lowest BCUT2D eigenvalue weighted by molar-refractivity contribution is 0.0945. The fourth-order valence-corrected chi connectivity index (χ4v) is 6.76. The van der Waals surface area contributed by atoms with Gasteiger partial charge in [0, 0.05) is 23.7 Å². The number of hydrogen-bond acceptors (Lipinski definition) is 7. The number of primary sulfonamides is 1. The van der Waals surface area contributed by atoms with Crippen LogP contribution in [0.1, 0.15) is 27.5 Å². The second-order valence-electron chi connectivity index (χ2n) is 9.61. The molecule has 1 unspecified atom stereocenters. The van der Waals surface area contributed by atoms with Gasteiger partial charge in [-0.3, -0.25) is 4.79 Å². The molecule has 0 aliphatic heterocycles. The Morgan fingerprint density at radius 3 is 2.10 bits per heavy atom. The van der Waals surface area contributed by atoms with Gasteiger partial charge in [-0.25, -0.2) is 25.9 Å². The molecular weight excluding hydrogens is 574 g/mol. The summed E-state index contributed by atoms with van der Waals surface area (Å²) in [6.45, 7) is 0.379. The third kappa shape index (κ3) is 5.86. The molecule has 5 rings (SSSR count). The predicted molar refractivity (Wildman–Crippen MR) is 161 cm³/mol. The van der Waals surface area contributed by atoms with E-state index in [0.29, 0.717) is 29.7 Å². The van der Waals surface area contributed by atoms with E-state index in [1.54, 1.807) is 48.5 Å². The number of carbonyl (C=O) groups excluding carboxylic acids is 1. The van der Waals surface area contributed by atoms with Crippen molar-refractivity contribution in [3.8, 4) is 5.75 Å². The van der Waals surface area contributed by atoms with Gasteiger partial charge in [0.25, 0.3) is 10.0 Å². The van der Waals surface area contributed by atoms with Gasteiger partial charge in [-0.05, 0) is 47.9 Å². The zero-order valence-corrected chi connectivity index (χ0v) is 24.3. The van der Waals surface area contributed by atoms with Crippen molar-refractivity contribution >= 4 is 36.7 Å². The summed E-state index contributed by atoms with van der Waals surface area (Å²) in [5.41, 5.74) is 2.06. The third-order valence-electron chi connectivity index (χ3n) is 6.95. The molecule has 1 aromatic heterocycles. The second kappa shape index (κ2) is 11.9. The molecule has 1 heterocycles. The summed E-state index contributed by atoms with van der Waals surface area (Å²) < 4.78 is 57.3. The highest BCUT2D eigenvalue weighted by atomic mass is 32.2. The molecule has 0 amide bonds. The molecule has 0 radical (unpaired) electrons. The maximum absolute atomic E-state index is 14.2. The minimum absolute atomic E-state index is 0.0221. The maximum Gasteiger partial charge on any atom is 0.268 e. The van der Waals surface area contributed by atoms with Crippen molar-refractivity contribution in [2.75, 3.05) is 13.7 Å². The summed E-state index contributed by atoms with van der Waals surface area (Å²) in [7, 11) is -6.40. The number of carbonyl (C=O) groups is 1. The minimum atomic E-state index is -4.06. The van der Waals surface area contributed by atoms with Crippen molar-refractivity contribution in [1.29, 1.82) is 0 Å². The van der Waals surface area contributed by atoms with Crippen LogP contribution in [0.5, 0.6) is 5.75 Å². The largest absolute Gasteiger partial charge is 0.495 e. The first-order valence-electron chi connectivity index (χ1n) is 13.0. The average Bonchev–Trinajstić information content (AvgIpc) is 3.41. The number of hydrogen-bond donors (Lipinski definition) is 2. The lowest BCUT2D eigenvalue weighted by atomic mass is 9.96. The van der Waals surface area contributed by atoms with Gasteiger partial charge in [-0.15, -0.1) is 0 Å². The number of aromatic nitrogens is 1. The van der Waals surface area contributed by atoms with E-state index in [0.717, 1.165) is 9.54 Å². The van der Waals surface area contributed by atoms with E-state index in [9.17, 15) is 21.6 Å². The van der Waals surface area contributed by atoms with E-state index in [1.807, 2.05) is 30.3 Å². The van der Waals surface area contributed by atoms with Crippen LogP contribution in [0.2, 0.25) is 0 Å². The van der Waals surface area contributed by atoms with Gasteiger partial charge in [0.15, 0.2) is 5.78 Å². The van der Waals surface area contributed by atoms with Crippen LogP contribution in [0.25, 0.3) is 10.9 Å². The van der Waals surface area contributed by atoms with E-state index in [2.05, 4.69) is 5.32 Å². The highest BCUT2D eigenvalue weighted by molar-refractivity contribution is 7.90. The summed E-state index contributed by atoms with van der Waals surface area (Å²) in [6.07, 6.45) is 1.86. The molecule has 0 aliphatic rings. The third-order valence-corrected chi connectivity index (χ3v) is 9.55. The summed E-state index contributed by atoms with van der Waals surface area (Å²) in [4.78, 5) is 14.3. The van der Waals surface area contributed by atoms with Crippen LogP contribution < -0.4 is 15.2 Å². The number of benzene rings is 4. The number of nitrogens with two attached hydrogens (primary N) is 1. The van der Waals surface area contributed by atoms with Crippen LogP contribution >= 0.6 is 0 Å². The SMILES string of the molecule is COc1cccc2c(C(=O)C(NCCc3ccc(S(N)(=O)=O)cc3)c3ccccc3)cn(S(=O)(=O)c3ccccc3)c12. The van der Waals surface area contributed by atoms with Crippen molar-refractivity contribution < 1.29 is 26.4 Å². The zero-order chi connectivity index (χ0) is 29.9. The minimum Gasteiger partial charge on any atom is -0.495 e. The Morgan fingerprint density at radius 1 is 0.833 bits per heavy atom. The zero-order valence-electron chi connectivity index (χ0n) is 22.7. The van der Waals surface area contributed by atoms with Crippen LogP contribution in [0.3, 0.4) is 0 Å². The topological polar surface area (TPSA) is 138 Å². The number of ether oxygens (including phenoxy) is 1. The van der Waals surface area contributed by atoms with Crippen molar-refractivity contribution in [2.45, 2.75) is 22.3 Å². The highest BCUT2D eigenvalue weighted by Gasteiger charge is 2.29. The van der Waals surface area contributed by atoms with E-state index >= 15 is 0 Å². The van der Waals surface area contributed by atoms with E-state index in [1.165, 1.54) is 37.6 Å². The van der Waals surface area contributed by atoms with Gasteiger partial charge in [0.1, 0.15) is 11.3 Å². The number of nitrogens with zero attached hydrogens (tertiary/aromatic N) is 1. The number of fused-ring (bicyclic) bond motifs is 1. The molecular formula is C31H29N3O6S2. The molecule has 4 aromatic carbocycles. The second-order valence-corrected chi connectivity index (χ2v) is 13.0. The molecule has 1 atom stereocenters. The molecule has 0 aliphatic carbocycles. The van der Waals surface area contributed by atoms with Crippen LogP contribution in [0, 0.1) is 0 Å². The summed E-state index contributed by atoms with van der Waals surface area (Å²) in [6, 6.07) is 27.7. The van der Waals surface area contributed by atoms with Gasteiger partial charge in [0.2, 0.25) is 10.0 Å². The molecule has 11 heteroatoms. The van der Waals surface area contributed by atoms with E-state index in [-0.39, 0.29) is 26.7 Å². The Bertz CT molecular complexity index is 1940. The molecule has 3 N–H and O–H groups in total. The van der Waals surface area contributed by atoms with Gasteiger partial charge < -0.3 is 10.1 Å². The molecule has 0 spiro atoms. The monoisotopic (exact) mass is 603 g/mol. The number of Topliss-reactive ketones (excluding diaryl/α,β-unsaturated/α-hetero) is 1. The average molecular weight is 604 g/mol. The van der Waals surface area contributed by atoms with Crippen LogP contribution in [0.4, 0.5) is 0 Å². The molecule has 0 fully saturated rings. The van der Waals surface area contributed by atoms with Crippen molar-refractivity contribution in [3.63, 3.8) is 0 Å². The molecule has 0 saturated carbocycles. The number of methoxy groups -OCH3 is 1. The fourth-order valence-electron chi connectivity index (χ4n) is 4.84. The van der Waals surface area contributed by atoms with E-state index < -0.39 is 26.1 Å². The van der Waals surface area contributed by atoms with Gasteiger partial charge in [-0.2, -0.15) is 0 Å². The first-order chi connectivity index (χ1) is 20.1. The van der Waals surface area contributed by atoms with Gasteiger partial charge >= 0.3 is 0 Å². The predicted octanol–water partition coefficient (Wildman–Crippen LogP) is 4.29. The molecule has 42 heavy (non-hydrogen) atoms. The van der Waals surface area contributed by atoms with Crippen LogP contribution in [-0.2, 0) is 26.5 Å². The quantitative estimate of drug-likeness (QED) is 0.215. The van der Waals surface area contributed by atoms with Crippen LogP contribution in [0.15, 0.2) is 119 Å². The fraction of sp³-hybridized carbons (Fsp3) is 0.129. The Balaban J connectivity index is 1.52. The van der Waals surface area contributed by atoms with Crippen LogP contribution in [-0.4, -0.2) is 40.2 Å². The normalized spacial score (nSPS) is 12.7. The van der Waals surface area contributed by atoms with E-state index in [4.69, 9.17) is 9.88 Å². The Labute approximate surface area is 244 Å². The molecule has 0 bridgehead atoms. The highest BCUT2D eigenvalue weighted by Crippen LogP contribution is 2.35. The molecule has 216 valence electrons. The number of para-hydroxylation sites is 1. The van der Waals surface area contributed by atoms with Gasteiger partial charge in [-0.1, -0.05) is 72.8 Å².